The minimum Gasteiger partial charge on any atom is -0.349 e. The SMILES string of the molecule is CN(C)C(=O)CCCCCCCCCCBr. The average molecular weight is 292 g/mol. The molecule has 16 heavy (non-hydrogen) atoms. The van der Waals surface area contributed by atoms with Crippen molar-refractivity contribution >= 4 is 21.8 Å². The van der Waals surface area contributed by atoms with Gasteiger partial charge in [0.1, 0.15) is 0 Å². The number of rotatable bonds is 10. The fourth-order valence-corrected chi connectivity index (χ4v) is 2.05. The minimum absolute atomic E-state index is 0.261. The maximum Gasteiger partial charge on any atom is 0.222 e. The van der Waals surface area contributed by atoms with Gasteiger partial charge in [-0.1, -0.05) is 54.5 Å². The van der Waals surface area contributed by atoms with Gasteiger partial charge in [-0.05, 0) is 12.8 Å². The molecule has 0 fully saturated rings. The summed E-state index contributed by atoms with van der Waals surface area (Å²) < 4.78 is 0. The number of hydrogen-bond acceptors (Lipinski definition) is 1. The lowest BCUT2D eigenvalue weighted by Gasteiger charge is -2.09. The van der Waals surface area contributed by atoms with Crippen molar-refractivity contribution in [2.24, 2.45) is 0 Å². The van der Waals surface area contributed by atoms with E-state index in [0.29, 0.717) is 0 Å². The molecule has 96 valence electrons. The highest BCUT2D eigenvalue weighted by atomic mass is 79.9. The van der Waals surface area contributed by atoms with Crippen LogP contribution in [0.5, 0.6) is 0 Å². The van der Waals surface area contributed by atoms with Gasteiger partial charge in [-0.3, -0.25) is 4.79 Å². The van der Waals surface area contributed by atoms with Crippen LogP contribution in [-0.2, 0) is 4.79 Å². The van der Waals surface area contributed by atoms with Crippen LogP contribution in [0.15, 0.2) is 0 Å². The second kappa shape index (κ2) is 11.4. The lowest BCUT2D eigenvalue weighted by atomic mass is 10.1. The first-order valence-electron chi connectivity index (χ1n) is 6.44. The van der Waals surface area contributed by atoms with E-state index in [1.54, 1.807) is 4.90 Å². The maximum atomic E-state index is 11.3. The molecule has 0 atom stereocenters. The number of carbonyl (C=O) groups is 1. The number of unbranched alkanes of at least 4 members (excludes halogenated alkanes) is 7. The summed E-state index contributed by atoms with van der Waals surface area (Å²) in [7, 11) is 3.65. The van der Waals surface area contributed by atoms with E-state index in [1.165, 1.54) is 44.9 Å². The molecule has 0 radical (unpaired) electrons. The van der Waals surface area contributed by atoms with E-state index in [9.17, 15) is 4.79 Å². The first-order chi connectivity index (χ1) is 7.68. The Hall–Kier alpha value is -0.0500. The van der Waals surface area contributed by atoms with Crippen LogP contribution in [0, 0.1) is 0 Å². The largest absolute Gasteiger partial charge is 0.349 e. The molecule has 3 heteroatoms. The Bertz CT molecular complexity index is 171. The van der Waals surface area contributed by atoms with E-state index in [2.05, 4.69) is 15.9 Å². The molecule has 0 bridgehead atoms. The zero-order chi connectivity index (χ0) is 12.2. The van der Waals surface area contributed by atoms with Gasteiger partial charge < -0.3 is 4.90 Å². The van der Waals surface area contributed by atoms with Gasteiger partial charge in [0.2, 0.25) is 5.91 Å². The predicted octanol–water partition coefficient (Wildman–Crippen LogP) is 3.98. The smallest absolute Gasteiger partial charge is 0.222 e. The third-order valence-corrected chi connectivity index (χ3v) is 3.33. The van der Waals surface area contributed by atoms with Crippen molar-refractivity contribution in [3.05, 3.63) is 0 Å². The van der Waals surface area contributed by atoms with Crippen LogP contribution >= 0.6 is 15.9 Å². The molecule has 2 nitrogen and oxygen atoms in total. The van der Waals surface area contributed by atoms with Crippen LogP contribution in [0.3, 0.4) is 0 Å². The molecule has 0 heterocycles. The summed E-state index contributed by atoms with van der Waals surface area (Å²) in [6.45, 7) is 0. The van der Waals surface area contributed by atoms with Crippen molar-refractivity contribution in [3.8, 4) is 0 Å². The lowest BCUT2D eigenvalue weighted by Crippen LogP contribution is -2.20. The standard InChI is InChI=1S/C13H26BrNO/c1-15(2)13(16)11-9-7-5-3-4-6-8-10-12-14/h3-12H2,1-2H3. The third kappa shape index (κ3) is 10.5. The second-order valence-corrected chi connectivity index (χ2v) is 5.35. The summed E-state index contributed by atoms with van der Waals surface area (Å²) in [6, 6.07) is 0. The molecule has 0 N–H and O–H groups in total. The third-order valence-electron chi connectivity index (χ3n) is 2.77. The van der Waals surface area contributed by atoms with E-state index >= 15 is 0 Å². The number of halogens is 1. The first-order valence-corrected chi connectivity index (χ1v) is 7.56. The van der Waals surface area contributed by atoms with Gasteiger partial charge in [-0.2, -0.15) is 0 Å². The molecule has 0 spiro atoms. The topological polar surface area (TPSA) is 20.3 Å². The van der Waals surface area contributed by atoms with Gasteiger partial charge in [0.15, 0.2) is 0 Å². The Morgan fingerprint density at radius 3 is 1.75 bits per heavy atom. The van der Waals surface area contributed by atoms with Crippen LogP contribution in [0.4, 0.5) is 0 Å². The molecule has 1 amide bonds. The molecule has 0 saturated heterocycles. The van der Waals surface area contributed by atoms with E-state index in [-0.39, 0.29) is 5.91 Å². The fourth-order valence-electron chi connectivity index (χ4n) is 1.65. The van der Waals surface area contributed by atoms with E-state index in [0.717, 1.165) is 18.2 Å². The summed E-state index contributed by atoms with van der Waals surface area (Å²) in [6.07, 6.45) is 11.0. The number of nitrogens with zero attached hydrogens (tertiary/aromatic N) is 1. The van der Waals surface area contributed by atoms with E-state index in [4.69, 9.17) is 0 Å². The summed E-state index contributed by atoms with van der Waals surface area (Å²) in [4.78, 5) is 13.0. The molecule has 0 rings (SSSR count). The van der Waals surface area contributed by atoms with Gasteiger partial charge >= 0.3 is 0 Å². The molecule has 0 aliphatic carbocycles. The van der Waals surface area contributed by atoms with Crippen LogP contribution in [0.25, 0.3) is 0 Å². The molecular formula is C13H26BrNO. The van der Waals surface area contributed by atoms with Crippen molar-refractivity contribution in [1.82, 2.24) is 4.90 Å². The van der Waals surface area contributed by atoms with Crippen LogP contribution in [0.2, 0.25) is 0 Å². The summed E-state index contributed by atoms with van der Waals surface area (Å²) in [5.74, 6) is 0.261. The summed E-state index contributed by atoms with van der Waals surface area (Å²) in [5.41, 5.74) is 0. The van der Waals surface area contributed by atoms with Gasteiger partial charge in [0.25, 0.3) is 0 Å². The number of amides is 1. The minimum atomic E-state index is 0.261. The highest BCUT2D eigenvalue weighted by Gasteiger charge is 2.02. The lowest BCUT2D eigenvalue weighted by molar-refractivity contribution is -0.128. The highest BCUT2D eigenvalue weighted by Crippen LogP contribution is 2.10. The van der Waals surface area contributed by atoms with Crippen LogP contribution < -0.4 is 0 Å². The van der Waals surface area contributed by atoms with Crippen molar-refractivity contribution in [3.63, 3.8) is 0 Å². The predicted molar refractivity (Wildman–Crippen MR) is 74.0 cm³/mol. The molecule has 0 aromatic rings. The molecule has 0 aliphatic rings. The van der Waals surface area contributed by atoms with E-state index < -0.39 is 0 Å². The normalized spacial score (nSPS) is 10.4. The highest BCUT2D eigenvalue weighted by molar-refractivity contribution is 9.09. The van der Waals surface area contributed by atoms with Crippen LogP contribution in [0.1, 0.15) is 57.8 Å². The van der Waals surface area contributed by atoms with Crippen molar-refractivity contribution in [2.45, 2.75) is 57.8 Å². The molecular weight excluding hydrogens is 266 g/mol. The Labute approximate surface area is 109 Å². The Balaban J connectivity index is 3.07. The summed E-state index contributed by atoms with van der Waals surface area (Å²) >= 11 is 3.44. The van der Waals surface area contributed by atoms with Crippen LogP contribution in [-0.4, -0.2) is 30.2 Å². The van der Waals surface area contributed by atoms with Gasteiger partial charge in [0.05, 0.1) is 0 Å². The molecule has 0 aromatic carbocycles. The number of hydrogen-bond donors (Lipinski definition) is 0. The average Bonchev–Trinajstić information content (AvgIpc) is 2.26. The zero-order valence-corrected chi connectivity index (χ0v) is 12.4. The van der Waals surface area contributed by atoms with Crippen molar-refractivity contribution in [1.29, 1.82) is 0 Å². The Morgan fingerprint density at radius 1 is 0.875 bits per heavy atom. The molecule has 0 saturated carbocycles. The van der Waals surface area contributed by atoms with Gasteiger partial charge in [-0.15, -0.1) is 0 Å². The maximum absolute atomic E-state index is 11.3. The summed E-state index contributed by atoms with van der Waals surface area (Å²) in [5, 5.41) is 1.14. The Morgan fingerprint density at radius 2 is 1.31 bits per heavy atom. The van der Waals surface area contributed by atoms with E-state index in [1.807, 2.05) is 14.1 Å². The number of alkyl halides is 1. The van der Waals surface area contributed by atoms with Crippen molar-refractivity contribution in [2.75, 3.05) is 19.4 Å². The number of carbonyl (C=O) groups excluding carboxylic acids is 1. The van der Waals surface area contributed by atoms with Gasteiger partial charge in [0, 0.05) is 25.8 Å². The molecule has 0 aliphatic heterocycles. The van der Waals surface area contributed by atoms with Crippen molar-refractivity contribution < 1.29 is 4.79 Å². The second-order valence-electron chi connectivity index (χ2n) is 4.56. The fraction of sp³-hybridized carbons (Fsp3) is 0.923. The zero-order valence-electron chi connectivity index (χ0n) is 10.8. The monoisotopic (exact) mass is 291 g/mol. The first kappa shape index (κ1) is 16.0. The Kier molecular flexibility index (Phi) is 11.4. The molecule has 0 unspecified atom stereocenters. The van der Waals surface area contributed by atoms with Gasteiger partial charge in [-0.25, -0.2) is 0 Å². The molecule has 0 aromatic heterocycles. The quantitative estimate of drug-likeness (QED) is 0.440.